The molecular weight excluding hydrogens is 997 g/mol. The van der Waals surface area contributed by atoms with Crippen LogP contribution in [0.5, 0.6) is 0 Å². The molecule has 2 atom stereocenters. The number of thiophene rings is 3. The quantitative estimate of drug-likeness (QED) is 0.0418. The zero-order chi connectivity index (χ0) is 55.2. The number of unbranched alkanes of at least 4 members (excludes halogenated alkanes) is 24. The van der Waals surface area contributed by atoms with Gasteiger partial charge in [0.1, 0.15) is 0 Å². The fourth-order valence-corrected chi connectivity index (χ4v) is 15.4. The number of benzene rings is 1. The van der Waals surface area contributed by atoms with E-state index in [-0.39, 0.29) is 22.6 Å². The van der Waals surface area contributed by atoms with E-state index in [1.165, 1.54) is 199 Å². The van der Waals surface area contributed by atoms with E-state index >= 15 is 9.59 Å². The Bertz CT molecular complexity index is 2510. The molecule has 2 unspecified atom stereocenters. The van der Waals surface area contributed by atoms with Crippen molar-refractivity contribution < 1.29 is 9.59 Å². The van der Waals surface area contributed by atoms with Crippen molar-refractivity contribution in [3.8, 4) is 9.75 Å². The molecule has 1 aromatic carbocycles. The summed E-state index contributed by atoms with van der Waals surface area (Å²) in [6.45, 7) is 24.4. The molecule has 0 bridgehead atoms. The molecule has 0 N–H and O–H groups in total. The Morgan fingerprint density at radius 1 is 0.364 bits per heavy atom. The van der Waals surface area contributed by atoms with Gasteiger partial charge in [-0.3, -0.25) is 9.59 Å². The fourth-order valence-electron chi connectivity index (χ4n) is 12.1. The van der Waals surface area contributed by atoms with Gasteiger partial charge in [-0.2, -0.15) is 0 Å². The molecule has 7 heteroatoms. The average Bonchev–Trinajstić information content (AvgIpc) is 4.29. The van der Waals surface area contributed by atoms with Crippen LogP contribution in [-0.4, -0.2) is 24.9 Å². The summed E-state index contributed by atoms with van der Waals surface area (Å²) in [7, 11) is 0. The Morgan fingerprint density at radius 2 is 0.636 bits per heavy atom. The Labute approximate surface area is 483 Å². The molecule has 2 aliphatic heterocycles. The number of amides is 2. The van der Waals surface area contributed by atoms with Gasteiger partial charge in [-0.25, -0.2) is 0 Å². The number of carbonyl (C=O) groups excluding carboxylic acids is 2. The maximum Gasteiger partial charge on any atom is 0.260 e. The van der Waals surface area contributed by atoms with E-state index in [0.717, 1.165) is 81.5 Å². The topological polar surface area (TPSA) is 40.6 Å². The van der Waals surface area contributed by atoms with Crippen molar-refractivity contribution in [2.75, 3.05) is 22.9 Å². The predicted molar refractivity (Wildman–Crippen MR) is 342 cm³/mol. The highest BCUT2D eigenvalue weighted by Crippen LogP contribution is 2.42. The number of hydrogen-bond donors (Lipinski definition) is 0. The average molecular weight is 1110 g/mol. The van der Waals surface area contributed by atoms with Crippen LogP contribution in [0.3, 0.4) is 0 Å². The van der Waals surface area contributed by atoms with E-state index in [1.807, 2.05) is 11.3 Å². The SMILES string of the molecule is CCCCCCCCCCC(CCCCCCCC)CN1C(=O)C(c2ccc(-c3ccc(C(C)(C)C)s3)s2)=c2cc3c(cc21)=C(c1ccc(C(C)(C)C)s1)C(=O)N3CC(CCCCCCCC)CCCCCCCCCC. The fraction of sp³-hybridized carbons (Fsp3) is 0.686. The maximum atomic E-state index is 15.7. The Kier molecular flexibility index (Phi) is 26.6. The van der Waals surface area contributed by atoms with E-state index in [4.69, 9.17) is 0 Å². The lowest BCUT2D eigenvalue weighted by atomic mass is 9.93. The summed E-state index contributed by atoms with van der Waals surface area (Å²) in [5, 5.41) is 2.04. The third-order valence-corrected chi connectivity index (χ3v) is 21.3. The normalized spacial score (nSPS) is 14.7. The smallest absolute Gasteiger partial charge is 0.260 e. The third kappa shape index (κ3) is 18.8. The van der Waals surface area contributed by atoms with Crippen molar-refractivity contribution in [1.29, 1.82) is 0 Å². The van der Waals surface area contributed by atoms with Gasteiger partial charge in [0.15, 0.2) is 0 Å². The lowest BCUT2D eigenvalue weighted by Crippen LogP contribution is -2.35. The van der Waals surface area contributed by atoms with E-state index < -0.39 is 0 Å². The van der Waals surface area contributed by atoms with Crippen LogP contribution in [0.1, 0.15) is 294 Å². The van der Waals surface area contributed by atoms with Gasteiger partial charge in [0.05, 0.1) is 22.5 Å². The number of nitrogens with zero attached hydrogens (tertiary/aromatic N) is 2. The molecule has 2 aliphatic rings. The molecule has 428 valence electrons. The summed E-state index contributed by atoms with van der Waals surface area (Å²) in [5.74, 6) is 1.15. The minimum absolute atomic E-state index is 0.0199. The van der Waals surface area contributed by atoms with Gasteiger partial charge in [-0.15, -0.1) is 34.0 Å². The number of fused-ring (bicyclic) bond motifs is 2. The molecule has 6 rings (SSSR count). The first-order chi connectivity index (χ1) is 37.2. The predicted octanol–water partition coefficient (Wildman–Crippen LogP) is 21.0. The Hall–Kier alpha value is -3.00. The van der Waals surface area contributed by atoms with Gasteiger partial charge in [-0.05, 0) is 96.9 Å². The first kappa shape index (κ1) is 63.2. The largest absolute Gasteiger partial charge is 0.307 e. The van der Waals surface area contributed by atoms with Crippen molar-refractivity contribution in [2.24, 2.45) is 11.8 Å². The first-order valence-corrected chi connectivity index (χ1v) is 34.5. The second-order valence-corrected chi connectivity index (χ2v) is 29.1. The van der Waals surface area contributed by atoms with Crippen LogP contribution < -0.4 is 20.2 Å². The summed E-state index contributed by atoms with van der Waals surface area (Å²) in [5.41, 5.74) is 3.74. The summed E-state index contributed by atoms with van der Waals surface area (Å²) in [4.78, 5) is 43.0. The molecule has 4 nitrogen and oxygen atoms in total. The van der Waals surface area contributed by atoms with Crippen molar-refractivity contribution in [2.45, 2.75) is 286 Å². The van der Waals surface area contributed by atoms with Gasteiger partial charge in [0, 0.05) is 52.8 Å². The summed E-state index contributed by atoms with van der Waals surface area (Å²) < 4.78 is 0. The molecule has 3 aromatic heterocycles. The van der Waals surface area contributed by atoms with Gasteiger partial charge in [0.25, 0.3) is 11.8 Å². The van der Waals surface area contributed by atoms with E-state index in [1.54, 1.807) is 22.7 Å². The molecule has 4 aromatic rings. The number of rotatable bonds is 39. The highest BCUT2D eigenvalue weighted by Gasteiger charge is 2.38. The van der Waals surface area contributed by atoms with Crippen molar-refractivity contribution >= 4 is 68.3 Å². The third-order valence-electron chi connectivity index (χ3n) is 16.9. The Balaban J connectivity index is 1.42. The zero-order valence-electron chi connectivity index (χ0n) is 50.8. The van der Waals surface area contributed by atoms with Crippen LogP contribution >= 0.6 is 34.0 Å². The summed E-state index contributed by atoms with van der Waals surface area (Å²) >= 11 is 5.44. The van der Waals surface area contributed by atoms with Crippen LogP contribution in [0, 0.1) is 11.8 Å². The van der Waals surface area contributed by atoms with E-state index in [9.17, 15) is 0 Å². The number of anilines is 2. The van der Waals surface area contributed by atoms with Crippen LogP contribution in [0.4, 0.5) is 11.4 Å². The molecule has 0 aliphatic carbocycles. The van der Waals surface area contributed by atoms with E-state index in [2.05, 4.69) is 128 Å². The monoisotopic (exact) mass is 1100 g/mol. The second-order valence-electron chi connectivity index (χ2n) is 25.8. The van der Waals surface area contributed by atoms with Crippen molar-refractivity contribution in [1.82, 2.24) is 0 Å². The van der Waals surface area contributed by atoms with E-state index in [0.29, 0.717) is 11.8 Å². The zero-order valence-corrected chi connectivity index (χ0v) is 53.2. The lowest BCUT2D eigenvalue weighted by Gasteiger charge is -2.27. The summed E-state index contributed by atoms with van der Waals surface area (Å²) in [6, 6.07) is 18.2. The highest BCUT2D eigenvalue weighted by atomic mass is 32.1. The molecular formula is C70H108N2O2S3. The minimum atomic E-state index is -0.0199. The second kappa shape index (κ2) is 32.4. The molecule has 2 amide bonds. The molecule has 0 radical (unpaired) electrons. The van der Waals surface area contributed by atoms with Crippen LogP contribution in [0.2, 0.25) is 0 Å². The van der Waals surface area contributed by atoms with Crippen molar-refractivity contribution in [3.05, 3.63) is 78.5 Å². The van der Waals surface area contributed by atoms with Crippen LogP contribution in [-0.2, 0) is 20.4 Å². The van der Waals surface area contributed by atoms with Crippen molar-refractivity contribution in [3.63, 3.8) is 0 Å². The standard InChI is InChI=1S/C70H108N2O2S3/c1-11-15-19-23-27-29-33-37-41-53(39-35-31-25-21-17-13-3)51-71-57-50-56-58(49-55(57)65(67(71)73)61-44-43-59(75-61)60-45-47-63(76-60)69(5,6)7)72(68(74)66(56)62-46-48-64(77-62)70(8,9)10)52-54(40-36-32-26-22-18-14-4)42-38-34-30-28-24-20-16-12-2/h43-50,53-54H,11-42,51-52H2,1-10H3. The lowest BCUT2D eigenvalue weighted by molar-refractivity contribution is -0.114. The molecule has 0 fully saturated rings. The number of hydrogen-bond acceptors (Lipinski definition) is 5. The van der Waals surface area contributed by atoms with Crippen LogP contribution in [0.15, 0.2) is 48.5 Å². The number of carbonyl (C=O) groups is 2. The van der Waals surface area contributed by atoms with Gasteiger partial charge in [-0.1, -0.05) is 249 Å². The Morgan fingerprint density at radius 3 is 0.974 bits per heavy atom. The highest BCUT2D eigenvalue weighted by molar-refractivity contribution is 7.23. The minimum Gasteiger partial charge on any atom is -0.307 e. The molecule has 0 spiro atoms. The first-order valence-electron chi connectivity index (χ1n) is 32.1. The maximum absolute atomic E-state index is 15.7. The molecule has 5 heterocycles. The summed E-state index contributed by atoms with van der Waals surface area (Å²) in [6.07, 6.45) is 41.1. The van der Waals surface area contributed by atoms with Crippen LogP contribution in [0.25, 0.3) is 20.9 Å². The molecule has 77 heavy (non-hydrogen) atoms. The molecule has 0 saturated heterocycles. The van der Waals surface area contributed by atoms with Gasteiger partial charge in [0.2, 0.25) is 0 Å². The molecule has 0 saturated carbocycles. The van der Waals surface area contributed by atoms with Gasteiger partial charge < -0.3 is 9.80 Å². The van der Waals surface area contributed by atoms with Gasteiger partial charge >= 0.3 is 0 Å².